The van der Waals surface area contributed by atoms with Crippen LogP contribution < -0.4 is 0 Å². The Bertz CT molecular complexity index is 1570. The van der Waals surface area contributed by atoms with Gasteiger partial charge in [-0.05, 0) is 70.2 Å². The molecule has 0 fully saturated rings. The first-order chi connectivity index (χ1) is 21.8. The maximum absolute atomic E-state index is 5.07. The van der Waals surface area contributed by atoms with Gasteiger partial charge in [0.2, 0.25) is 0 Å². The number of aliphatic imine (C=N–C) groups is 2. The summed E-state index contributed by atoms with van der Waals surface area (Å²) < 4.78 is 0. The zero-order chi connectivity index (χ0) is 29.8. The molecule has 0 bridgehead atoms. The standard InChI is InChI=1S/C42H36N2/c1-5-15-33(16-6-1)29-37-23-13-24-38(30-34-17-7-2-8-18-34)41(37)43-27-28-44-42-39(31-35-19-9-3-10-20-35)25-14-26-40(42)32-36-21-11-4-12-22-36/h1-28H,29-32H2. The second-order valence-corrected chi connectivity index (χ2v) is 11.1. The molecule has 2 nitrogen and oxygen atoms in total. The van der Waals surface area contributed by atoms with Gasteiger partial charge in [0, 0.05) is 12.4 Å². The highest BCUT2D eigenvalue weighted by atomic mass is 14.8. The number of benzene rings is 6. The molecular formula is C42H36N2. The Morgan fingerprint density at radius 2 is 0.545 bits per heavy atom. The largest absolute Gasteiger partial charge is 0.255 e. The average Bonchev–Trinajstić information content (AvgIpc) is 3.07. The SMILES string of the molecule is C(C=Nc1c(Cc2ccccc2)cccc1Cc1ccccc1)=Nc1c(Cc2ccccc2)cccc1Cc1ccccc1. The van der Waals surface area contributed by atoms with E-state index >= 15 is 0 Å². The second kappa shape index (κ2) is 14.7. The van der Waals surface area contributed by atoms with Crippen LogP contribution in [0.4, 0.5) is 11.4 Å². The van der Waals surface area contributed by atoms with Gasteiger partial charge < -0.3 is 0 Å². The minimum absolute atomic E-state index is 0.828. The molecule has 44 heavy (non-hydrogen) atoms. The Hall–Kier alpha value is -5.34. The Balaban J connectivity index is 1.34. The topological polar surface area (TPSA) is 24.7 Å². The van der Waals surface area contributed by atoms with Crippen molar-refractivity contribution in [3.8, 4) is 0 Å². The van der Waals surface area contributed by atoms with E-state index in [4.69, 9.17) is 9.98 Å². The fraction of sp³-hybridized carbons (Fsp3) is 0.0952. The Kier molecular flexibility index (Phi) is 9.62. The normalized spacial score (nSPS) is 11.4. The van der Waals surface area contributed by atoms with E-state index in [0.717, 1.165) is 37.1 Å². The third kappa shape index (κ3) is 7.73. The number of nitrogens with zero attached hydrogens (tertiary/aromatic N) is 2. The summed E-state index contributed by atoms with van der Waals surface area (Å²) in [6, 6.07) is 55.5. The van der Waals surface area contributed by atoms with Gasteiger partial charge in [0.1, 0.15) is 0 Å². The van der Waals surface area contributed by atoms with Crippen molar-refractivity contribution in [2.24, 2.45) is 9.98 Å². The molecule has 0 saturated heterocycles. The molecule has 6 aromatic carbocycles. The number of para-hydroxylation sites is 2. The van der Waals surface area contributed by atoms with Crippen LogP contribution in [0.25, 0.3) is 0 Å². The summed E-state index contributed by atoms with van der Waals surface area (Å²) in [7, 11) is 0. The quantitative estimate of drug-likeness (QED) is 0.139. The monoisotopic (exact) mass is 568 g/mol. The van der Waals surface area contributed by atoms with Crippen molar-refractivity contribution in [2.45, 2.75) is 25.7 Å². The molecule has 0 atom stereocenters. The van der Waals surface area contributed by atoms with Gasteiger partial charge in [-0.3, -0.25) is 9.98 Å². The van der Waals surface area contributed by atoms with Crippen molar-refractivity contribution in [1.82, 2.24) is 0 Å². The molecule has 0 saturated carbocycles. The minimum atomic E-state index is 0.828. The molecule has 0 spiro atoms. The molecule has 0 aliphatic carbocycles. The van der Waals surface area contributed by atoms with Gasteiger partial charge in [0.25, 0.3) is 0 Å². The molecule has 0 aliphatic heterocycles. The number of rotatable bonds is 11. The summed E-state index contributed by atoms with van der Waals surface area (Å²) in [5.74, 6) is 0. The molecule has 0 aromatic heterocycles. The van der Waals surface area contributed by atoms with Crippen molar-refractivity contribution in [2.75, 3.05) is 0 Å². The van der Waals surface area contributed by atoms with E-state index in [0.29, 0.717) is 0 Å². The van der Waals surface area contributed by atoms with Crippen LogP contribution in [0.1, 0.15) is 44.5 Å². The summed E-state index contributed by atoms with van der Waals surface area (Å²) in [5.41, 5.74) is 12.0. The molecule has 2 heteroatoms. The fourth-order valence-corrected chi connectivity index (χ4v) is 5.67. The maximum atomic E-state index is 5.07. The van der Waals surface area contributed by atoms with Crippen LogP contribution in [0.15, 0.2) is 168 Å². The Labute approximate surface area is 261 Å². The lowest BCUT2D eigenvalue weighted by Gasteiger charge is -2.13. The van der Waals surface area contributed by atoms with Gasteiger partial charge in [-0.2, -0.15) is 0 Å². The number of hydrogen-bond donors (Lipinski definition) is 0. The molecule has 0 aliphatic rings. The molecule has 6 aromatic rings. The zero-order valence-corrected chi connectivity index (χ0v) is 24.9. The first-order valence-corrected chi connectivity index (χ1v) is 15.3. The molecular weight excluding hydrogens is 532 g/mol. The van der Waals surface area contributed by atoms with Gasteiger partial charge >= 0.3 is 0 Å². The maximum Gasteiger partial charge on any atom is 0.0700 e. The predicted molar refractivity (Wildman–Crippen MR) is 186 cm³/mol. The molecule has 0 N–H and O–H groups in total. The van der Waals surface area contributed by atoms with Gasteiger partial charge in [0.05, 0.1) is 11.4 Å². The van der Waals surface area contributed by atoms with Crippen LogP contribution in [-0.2, 0) is 25.7 Å². The van der Waals surface area contributed by atoms with E-state index in [9.17, 15) is 0 Å². The third-order valence-electron chi connectivity index (χ3n) is 7.83. The van der Waals surface area contributed by atoms with Crippen LogP contribution >= 0.6 is 0 Å². The van der Waals surface area contributed by atoms with Crippen LogP contribution in [0, 0.1) is 0 Å². The van der Waals surface area contributed by atoms with Gasteiger partial charge in [0.15, 0.2) is 0 Å². The molecule has 214 valence electrons. The zero-order valence-electron chi connectivity index (χ0n) is 24.9. The highest BCUT2D eigenvalue weighted by Gasteiger charge is 2.11. The van der Waals surface area contributed by atoms with E-state index in [1.807, 2.05) is 12.4 Å². The van der Waals surface area contributed by atoms with E-state index in [-0.39, 0.29) is 0 Å². The van der Waals surface area contributed by atoms with Gasteiger partial charge in [-0.1, -0.05) is 158 Å². The van der Waals surface area contributed by atoms with Crippen molar-refractivity contribution in [1.29, 1.82) is 0 Å². The van der Waals surface area contributed by atoms with Crippen LogP contribution in [0.3, 0.4) is 0 Å². The summed E-state index contributed by atoms with van der Waals surface area (Å²) >= 11 is 0. The van der Waals surface area contributed by atoms with E-state index in [1.54, 1.807) is 0 Å². The van der Waals surface area contributed by atoms with Crippen molar-refractivity contribution in [3.05, 3.63) is 202 Å². The van der Waals surface area contributed by atoms with Crippen molar-refractivity contribution >= 4 is 23.8 Å². The summed E-state index contributed by atoms with van der Waals surface area (Å²) in [6.07, 6.45) is 7.04. The molecule has 0 amide bonds. The lowest BCUT2D eigenvalue weighted by Crippen LogP contribution is -1.96. The average molecular weight is 569 g/mol. The van der Waals surface area contributed by atoms with E-state index in [1.165, 1.54) is 44.5 Å². The Morgan fingerprint density at radius 1 is 0.295 bits per heavy atom. The van der Waals surface area contributed by atoms with Crippen LogP contribution in [-0.4, -0.2) is 12.4 Å². The molecule has 0 heterocycles. The van der Waals surface area contributed by atoms with Crippen LogP contribution in [0.2, 0.25) is 0 Å². The smallest absolute Gasteiger partial charge is 0.0700 e. The second-order valence-electron chi connectivity index (χ2n) is 11.1. The lowest BCUT2D eigenvalue weighted by molar-refractivity contribution is 1.13. The highest BCUT2D eigenvalue weighted by Crippen LogP contribution is 2.30. The van der Waals surface area contributed by atoms with E-state index in [2.05, 4.69) is 158 Å². The lowest BCUT2D eigenvalue weighted by atomic mass is 9.96. The highest BCUT2D eigenvalue weighted by molar-refractivity contribution is 6.17. The third-order valence-corrected chi connectivity index (χ3v) is 7.83. The Morgan fingerprint density at radius 3 is 0.795 bits per heavy atom. The molecule has 0 radical (unpaired) electrons. The van der Waals surface area contributed by atoms with Crippen LogP contribution in [0.5, 0.6) is 0 Å². The fourth-order valence-electron chi connectivity index (χ4n) is 5.67. The molecule has 0 unspecified atom stereocenters. The number of hydrogen-bond acceptors (Lipinski definition) is 2. The molecule has 6 rings (SSSR count). The predicted octanol–water partition coefficient (Wildman–Crippen LogP) is 10.2. The van der Waals surface area contributed by atoms with Crippen molar-refractivity contribution < 1.29 is 0 Å². The summed E-state index contributed by atoms with van der Waals surface area (Å²) in [4.78, 5) is 10.1. The van der Waals surface area contributed by atoms with E-state index < -0.39 is 0 Å². The van der Waals surface area contributed by atoms with Gasteiger partial charge in [-0.25, -0.2) is 0 Å². The first-order valence-electron chi connectivity index (χ1n) is 15.3. The van der Waals surface area contributed by atoms with Gasteiger partial charge in [-0.15, -0.1) is 0 Å². The first kappa shape index (κ1) is 28.8. The summed E-state index contributed by atoms with van der Waals surface area (Å²) in [5, 5.41) is 0. The summed E-state index contributed by atoms with van der Waals surface area (Å²) in [6.45, 7) is 0. The minimum Gasteiger partial charge on any atom is -0.255 e. The van der Waals surface area contributed by atoms with Crippen molar-refractivity contribution in [3.63, 3.8) is 0 Å².